The maximum Gasteiger partial charge on any atom is 2.00 e. The summed E-state index contributed by atoms with van der Waals surface area (Å²) < 4.78 is 78.3. The van der Waals surface area contributed by atoms with E-state index in [1.807, 2.05) is 0 Å². The first kappa shape index (κ1) is 49.9. The fraction of sp³-hybridized carbons (Fsp3) is 1.00. The number of halogens is 2. The summed E-state index contributed by atoms with van der Waals surface area (Å²) in [5.74, 6) is 0. The van der Waals surface area contributed by atoms with Crippen molar-refractivity contribution in [1.82, 2.24) is 0 Å². The van der Waals surface area contributed by atoms with Gasteiger partial charge in [0.15, 0.2) is 0 Å². The Morgan fingerprint density at radius 3 is 0.722 bits per heavy atom. The van der Waals surface area contributed by atoms with E-state index in [4.69, 9.17) is 79.9 Å². The first-order valence-electron chi connectivity index (χ1n) is 9.57. The van der Waals surface area contributed by atoms with Gasteiger partial charge in [-0.1, -0.05) is 0 Å². The van der Waals surface area contributed by atoms with Crippen LogP contribution in [-0.4, -0.2) is 64.8 Å². The van der Waals surface area contributed by atoms with Gasteiger partial charge in [0.25, 0.3) is 0 Å². The molecule has 20 heteroatoms. The molecule has 16 nitrogen and oxygen atoms in total. The van der Waals surface area contributed by atoms with Crippen molar-refractivity contribution in [3.63, 3.8) is 0 Å². The van der Waals surface area contributed by atoms with Gasteiger partial charge < -0.3 is 42.6 Å². The van der Waals surface area contributed by atoms with Crippen LogP contribution in [0, 0.1) is 20.5 Å². The molecule has 0 aromatic rings. The van der Waals surface area contributed by atoms with Gasteiger partial charge >= 0.3 is 34.1 Å². The van der Waals surface area contributed by atoms with Crippen molar-refractivity contribution in [3.8, 4) is 0 Å². The molecule has 0 spiro atoms. The number of hydrogen-bond donors (Lipinski definition) is 4. The average molecular weight is 676 g/mol. The molecule has 0 aliphatic heterocycles. The Labute approximate surface area is 237 Å². The summed E-state index contributed by atoms with van der Waals surface area (Å²) >= 11 is 0. The van der Waals surface area contributed by atoms with Gasteiger partial charge in [-0.15, -0.1) is 20.5 Å². The number of nitrogens with two attached hydrogens (primary N) is 4. The van der Waals surface area contributed by atoms with E-state index in [1.54, 1.807) is 14.2 Å². The molecule has 0 bridgehead atoms. The van der Waals surface area contributed by atoms with E-state index in [0.29, 0.717) is 12.2 Å². The van der Waals surface area contributed by atoms with Crippen LogP contribution < -0.4 is 70.4 Å². The first-order chi connectivity index (χ1) is 15.4. The van der Waals surface area contributed by atoms with Crippen LogP contribution in [0.2, 0.25) is 0 Å². The Morgan fingerprint density at radius 1 is 0.472 bits per heavy atom. The summed E-state index contributed by atoms with van der Waals surface area (Å²) in [5.41, 5.74) is 22.9. The monoisotopic (exact) mass is 674 g/mol. The predicted octanol–water partition coefficient (Wildman–Crippen LogP) is -11.9. The third kappa shape index (κ3) is 48.1. The van der Waals surface area contributed by atoms with Crippen LogP contribution >= 0.6 is 0 Å². The second-order valence-corrected chi connectivity index (χ2v) is 8.44. The largest absolute Gasteiger partial charge is 2.00 e. The van der Waals surface area contributed by atoms with Gasteiger partial charge in [0, 0.05) is 38.4 Å². The van der Waals surface area contributed by atoms with E-state index >= 15 is 0 Å². The van der Waals surface area contributed by atoms with Crippen molar-refractivity contribution in [2.24, 2.45) is 22.9 Å². The Bertz CT molecular complexity index is 377. The van der Waals surface area contributed by atoms with Crippen molar-refractivity contribution >= 4 is 0 Å². The minimum Gasteiger partial charge on any atom is -0.857 e. The zero-order valence-electron chi connectivity index (χ0n) is 20.3. The van der Waals surface area contributed by atoms with E-state index in [9.17, 15) is 0 Å². The van der Waals surface area contributed by atoms with Crippen molar-refractivity contribution < 1.29 is 112 Å². The number of methoxy groups -OCH3 is 2. The van der Waals surface area contributed by atoms with Crippen LogP contribution in [0.25, 0.3) is 0 Å². The van der Waals surface area contributed by atoms with Crippen LogP contribution in [-0.2, 0) is 43.6 Å². The molecule has 0 amide bonds. The molecule has 230 valence electrons. The normalized spacial score (nSPS) is 26.8. The van der Waals surface area contributed by atoms with Gasteiger partial charge in [-0.05, 0) is 38.5 Å². The SMILES string of the molecule is COC1C[C@@H](N)C[C@@H](N)C1.COC1C[C@@H](N)C[C@@H](N)C1.C[O-].C[O-].[Cu+2].[Cu+2].[O-][Cl+3]([O-])([O-])[O-].[O-][Cl+3]([O-])([O-])[O-]. The zero-order chi connectivity index (χ0) is 28.1. The molecule has 36 heavy (non-hydrogen) atoms. The van der Waals surface area contributed by atoms with Gasteiger partial charge in [-0.3, -0.25) is 0 Å². The van der Waals surface area contributed by atoms with E-state index in [-0.39, 0.29) is 58.3 Å². The number of hydrogen-bond acceptors (Lipinski definition) is 16. The van der Waals surface area contributed by atoms with Crippen molar-refractivity contribution in [3.05, 3.63) is 0 Å². The van der Waals surface area contributed by atoms with Crippen molar-refractivity contribution in [2.75, 3.05) is 28.4 Å². The fourth-order valence-electron chi connectivity index (χ4n) is 3.09. The molecule has 0 heterocycles. The number of ether oxygens (including phenoxy) is 2. The van der Waals surface area contributed by atoms with Gasteiger partial charge in [0.05, 0.1) is 12.2 Å². The molecule has 2 fully saturated rings. The average Bonchev–Trinajstić information content (AvgIpc) is 2.67. The minimum absolute atomic E-state index is 0. The quantitative estimate of drug-likeness (QED) is 0.197. The minimum atomic E-state index is -4.94. The van der Waals surface area contributed by atoms with Gasteiger partial charge in [0.1, 0.15) is 0 Å². The number of rotatable bonds is 2. The molecule has 8 N–H and O–H groups in total. The molecule has 2 saturated carbocycles. The van der Waals surface area contributed by atoms with Crippen LogP contribution in [0.15, 0.2) is 0 Å². The summed E-state index contributed by atoms with van der Waals surface area (Å²) in [6.07, 6.45) is 6.32. The van der Waals surface area contributed by atoms with Gasteiger partial charge in [-0.2, -0.15) is 14.2 Å². The molecule has 0 aromatic carbocycles. The molecular formula is C16H38Cl2Cu2N4O12. The molecule has 0 saturated heterocycles. The van der Waals surface area contributed by atoms with Crippen molar-refractivity contribution in [2.45, 2.75) is 74.9 Å². The second-order valence-electron chi connectivity index (χ2n) is 6.93. The van der Waals surface area contributed by atoms with Crippen LogP contribution in [0.4, 0.5) is 0 Å². The summed E-state index contributed by atoms with van der Waals surface area (Å²) in [7, 11) is -4.95. The smallest absolute Gasteiger partial charge is 0.857 e. The third-order valence-electron chi connectivity index (χ3n) is 4.14. The molecule has 2 unspecified atom stereocenters. The maximum atomic E-state index is 8.49. The standard InChI is InChI=1S/2C7H16N2O.2CH3O.2ClHO4.2Cu/c2*1-10-7-3-5(8)2-6(9)4-7;2*1-2;2*2-1(3,4)5;;/h2*5-7H,2-4,8-9H2,1H3;2*1H3;2*(H,2,3,4,5);;/q;;2*-1;;;2*+2/p-2/t2*5-,6+,7?;;;;;;. The Morgan fingerprint density at radius 2 is 0.611 bits per heavy atom. The maximum absolute atomic E-state index is 8.49. The second kappa shape index (κ2) is 29.0. The third-order valence-corrected chi connectivity index (χ3v) is 4.14. The van der Waals surface area contributed by atoms with Gasteiger partial charge in [-0.25, -0.2) is 37.3 Å². The predicted molar refractivity (Wildman–Crippen MR) is 93.0 cm³/mol. The molecule has 2 rings (SSSR count). The van der Waals surface area contributed by atoms with Crippen LogP contribution in [0.1, 0.15) is 38.5 Å². The van der Waals surface area contributed by atoms with E-state index < -0.39 is 20.5 Å². The molecule has 0 aromatic heterocycles. The molecule has 6 atom stereocenters. The topological polar surface area (TPSA) is 353 Å². The Kier molecular flexibility index (Phi) is 40.1. The summed E-state index contributed by atoms with van der Waals surface area (Å²) in [4.78, 5) is 0. The molecule has 2 aliphatic carbocycles. The van der Waals surface area contributed by atoms with E-state index in [2.05, 4.69) is 0 Å². The summed E-state index contributed by atoms with van der Waals surface area (Å²) in [6.45, 7) is 0. The van der Waals surface area contributed by atoms with Crippen LogP contribution in [0.3, 0.4) is 0 Å². The first-order valence-corrected chi connectivity index (χ1v) is 12.0. The molecular weight excluding hydrogens is 638 g/mol. The van der Waals surface area contributed by atoms with Gasteiger partial charge in [0.2, 0.25) is 0 Å². The fourth-order valence-corrected chi connectivity index (χ4v) is 3.09. The van der Waals surface area contributed by atoms with Crippen LogP contribution in [0.5, 0.6) is 0 Å². The summed E-state index contributed by atoms with van der Waals surface area (Å²) in [6, 6.07) is 0.977. The Hall–Kier alpha value is 0.979. The molecule has 2 aliphatic rings. The summed E-state index contributed by atoms with van der Waals surface area (Å²) in [5, 5.41) is 16.5. The van der Waals surface area contributed by atoms with Crippen molar-refractivity contribution in [1.29, 1.82) is 0 Å². The van der Waals surface area contributed by atoms with E-state index in [1.165, 1.54) is 0 Å². The molecule has 2 radical (unpaired) electrons. The van der Waals surface area contributed by atoms with E-state index in [0.717, 1.165) is 52.7 Å². The Balaban J connectivity index is -0.0000000815. The zero-order valence-corrected chi connectivity index (χ0v) is 23.7.